The number of carboxylic acids is 1. The number of urea groups is 1. The van der Waals surface area contributed by atoms with Crippen LogP contribution >= 0.6 is 0 Å². The van der Waals surface area contributed by atoms with Crippen LogP contribution in [0.5, 0.6) is 0 Å². The van der Waals surface area contributed by atoms with E-state index < -0.39 is 5.97 Å². The number of hydrogen-bond acceptors (Lipinski definition) is 2. The van der Waals surface area contributed by atoms with E-state index in [0.29, 0.717) is 12.3 Å². The smallest absolute Gasteiger partial charge is 0.315 e. The van der Waals surface area contributed by atoms with Crippen molar-refractivity contribution in [3.63, 3.8) is 0 Å². The summed E-state index contributed by atoms with van der Waals surface area (Å²) in [5, 5.41) is 14.4. The first kappa shape index (κ1) is 16.7. The molecule has 0 saturated heterocycles. The van der Waals surface area contributed by atoms with Gasteiger partial charge in [-0.2, -0.15) is 0 Å². The molecule has 0 fully saturated rings. The fourth-order valence-electron chi connectivity index (χ4n) is 1.92. The number of carbonyl (C=O) groups excluding carboxylic acids is 1. The van der Waals surface area contributed by atoms with Crippen LogP contribution in [0, 0.1) is 5.92 Å². The average molecular weight is 258 g/mol. The Kier molecular flexibility index (Phi) is 8.16. The van der Waals surface area contributed by atoms with Crippen LogP contribution in [0.3, 0.4) is 0 Å². The van der Waals surface area contributed by atoms with Gasteiger partial charge in [0.05, 0.1) is 6.42 Å². The zero-order valence-electron chi connectivity index (χ0n) is 11.8. The molecule has 2 atom stereocenters. The average Bonchev–Trinajstić information content (AvgIpc) is 2.24. The first-order valence-corrected chi connectivity index (χ1v) is 6.69. The first-order chi connectivity index (χ1) is 8.40. The van der Waals surface area contributed by atoms with Crippen molar-refractivity contribution in [3.8, 4) is 0 Å². The summed E-state index contributed by atoms with van der Waals surface area (Å²) < 4.78 is 0. The predicted octanol–water partition coefficient (Wildman–Crippen LogP) is 2.36. The molecule has 2 amide bonds. The number of rotatable bonds is 8. The lowest BCUT2D eigenvalue weighted by atomic mass is 10.0. The van der Waals surface area contributed by atoms with Crippen molar-refractivity contribution in [1.29, 1.82) is 0 Å². The molecular formula is C13H26N2O3. The SMILES string of the molecule is CCCC(CC(=O)O)NC(=O)NC(CC)C(C)C. The lowest BCUT2D eigenvalue weighted by molar-refractivity contribution is -0.137. The van der Waals surface area contributed by atoms with E-state index in [-0.39, 0.29) is 24.5 Å². The van der Waals surface area contributed by atoms with Gasteiger partial charge in [0.15, 0.2) is 0 Å². The number of amides is 2. The third-order valence-electron chi connectivity index (χ3n) is 2.95. The van der Waals surface area contributed by atoms with E-state index in [2.05, 4.69) is 24.5 Å². The fraction of sp³-hybridized carbons (Fsp3) is 0.846. The van der Waals surface area contributed by atoms with E-state index in [1.807, 2.05) is 13.8 Å². The maximum absolute atomic E-state index is 11.8. The fourth-order valence-corrected chi connectivity index (χ4v) is 1.92. The summed E-state index contributed by atoms with van der Waals surface area (Å²) in [7, 11) is 0. The highest BCUT2D eigenvalue weighted by Gasteiger charge is 2.18. The number of aliphatic carboxylic acids is 1. The Morgan fingerprint density at radius 1 is 1.17 bits per heavy atom. The lowest BCUT2D eigenvalue weighted by Crippen LogP contribution is -2.48. The molecule has 0 spiro atoms. The Morgan fingerprint density at radius 2 is 1.78 bits per heavy atom. The largest absolute Gasteiger partial charge is 0.481 e. The Labute approximate surface area is 109 Å². The minimum Gasteiger partial charge on any atom is -0.481 e. The van der Waals surface area contributed by atoms with Crippen LogP contribution in [0.2, 0.25) is 0 Å². The summed E-state index contributed by atoms with van der Waals surface area (Å²) in [6.07, 6.45) is 2.36. The van der Waals surface area contributed by atoms with Gasteiger partial charge in [0.1, 0.15) is 0 Å². The highest BCUT2D eigenvalue weighted by atomic mass is 16.4. The van der Waals surface area contributed by atoms with Crippen molar-refractivity contribution < 1.29 is 14.7 Å². The molecule has 0 aliphatic carbocycles. The molecular weight excluding hydrogens is 232 g/mol. The second-order valence-electron chi connectivity index (χ2n) is 4.96. The number of carboxylic acid groups (broad SMARTS) is 1. The third-order valence-corrected chi connectivity index (χ3v) is 2.95. The summed E-state index contributed by atoms with van der Waals surface area (Å²) in [4.78, 5) is 22.4. The monoisotopic (exact) mass is 258 g/mol. The molecule has 0 heterocycles. The molecule has 18 heavy (non-hydrogen) atoms. The number of nitrogens with one attached hydrogen (secondary N) is 2. The normalized spacial score (nSPS) is 14.1. The Morgan fingerprint density at radius 3 is 2.17 bits per heavy atom. The number of hydrogen-bond donors (Lipinski definition) is 3. The molecule has 5 heteroatoms. The summed E-state index contributed by atoms with van der Waals surface area (Å²) in [6.45, 7) is 8.09. The molecule has 5 nitrogen and oxygen atoms in total. The second kappa shape index (κ2) is 8.78. The van der Waals surface area contributed by atoms with E-state index in [1.54, 1.807) is 0 Å². The molecule has 2 unspecified atom stereocenters. The molecule has 0 aliphatic rings. The van der Waals surface area contributed by atoms with Gasteiger partial charge in [-0.3, -0.25) is 4.79 Å². The molecule has 0 aliphatic heterocycles. The van der Waals surface area contributed by atoms with Gasteiger partial charge in [-0.1, -0.05) is 34.1 Å². The zero-order valence-corrected chi connectivity index (χ0v) is 11.8. The highest BCUT2D eigenvalue weighted by molar-refractivity contribution is 5.76. The molecule has 106 valence electrons. The van der Waals surface area contributed by atoms with Crippen LogP contribution in [0.25, 0.3) is 0 Å². The Hall–Kier alpha value is -1.26. The summed E-state index contributed by atoms with van der Waals surface area (Å²) in [5.74, 6) is -0.519. The highest BCUT2D eigenvalue weighted by Crippen LogP contribution is 2.06. The standard InChI is InChI=1S/C13H26N2O3/c1-5-7-10(8-12(16)17)14-13(18)15-11(6-2)9(3)4/h9-11H,5-8H2,1-4H3,(H,16,17)(H2,14,15,18). The van der Waals surface area contributed by atoms with Crippen molar-refractivity contribution in [2.24, 2.45) is 5.92 Å². The molecule has 0 aromatic heterocycles. The van der Waals surface area contributed by atoms with Crippen LogP contribution in [0.1, 0.15) is 53.4 Å². The van der Waals surface area contributed by atoms with Gasteiger partial charge in [0, 0.05) is 12.1 Å². The van der Waals surface area contributed by atoms with E-state index in [9.17, 15) is 9.59 Å². The summed E-state index contributed by atoms with van der Waals surface area (Å²) >= 11 is 0. The molecule has 0 rings (SSSR count). The predicted molar refractivity (Wildman–Crippen MR) is 71.5 cm³/mol. The van der Waals surface area contributed by atoms with Crippen LogP contribution in [-0.4, -0.2) is 29.2 Å². The van der Waals surface area contributed by atoms with Gasteiger partial charge >= 0.3 is 12.0 Å². The van der Waals surface area contributed by atoms with Crippen molar-refractivity contribution >= 4 is 12.0 Å². The van der Waals surface area contributed by atoms with E-state index in [0.717, 1.165) is 12.8 Å². The molecule has 0 aromatic carbocycles. The summed E-state index contributed by atoms with van der Waals surface area (Å²) in [6, 6.07) is -0.440. The maximum atomic E-state index is 11.8. The van der Waals surface area contributed by atoms with Crippen molar-refractivity contribution in [2.45, 2.75) is 65.5 Å². The van der Waals surface area contributed by atoms with Gasteiger partial charge < -0.3 is 15.7 Å². The van der Waals surface area contributed by atoms with Gasteiger partial charge in [-0.25, -0.2) is 4.79 Å². The first-order valence-electron chi connectivity index (χ1n) is 6.69. The Balaban J connectivity index is 4.27. The Bertz CT molecular complexity index is 267. The van der Waals surface area contributed by atoms with Gasteiger partial charge in [0.2, 0.25) is 0 Å². The minimum absolute atomic E-state index is 0.0280. The van der Waals surface area contributed by atoms with Crippen LogP contribution < -0.4 is 10.6 Å². The molecule has 0 saturated carbocycles. The van der Waals surface area contributed by atoms with Crippen LogP contribution in [-0.2, 0) is 4.79 Å². The maximum Gasteiger partial charge on any atom is 0.315 e. The van der Waals surface area contributed by atoms with E-state index in [4.69, 9.17) is 5.11 Å². The van der Waals surface area contributed by atoms with Crippen LogP contribution in [0.15, 0.2) is 0 Å². The number of carbonyl (C=O) groups is 2. The van der Waals surface area contributed by atoms with Gasteiger partial charge in [0.25, 0.3) is 0 Å². The van der Waals surface area contributed by atoms with E-state index >= 15 is 0 Å². The minimum atomic E-state index is -0.885. The lowest BCUT2D eigenvalue weighted by Gasteiger charge is -2.23. The van der Waals surface area contributed by atoms with Crippen LogP contribution in [0.4, 0.5) is 4.79 Å². The molecule has 0 radical (unpaired) electrons. The van der Waals surface area contributed by atoms with E-state index in [1.165, 1.54) is 0 Å². The molecule has 0 aromatic rings. The quantitative estimate of drug-likeness (QED) is 0.625. The summed E-state index contributed by atoms with van der Waals surface area (Å²) in [5.41, 5.74) is 0. The van der Waals surface area contributed by atoms with Crippen molar-refractivity contribution in [2.75, 3.05) is 0 Å². The second-order valence-corrected chi connectivity index (χ2v) is 4.96. The topological polar surface area (TPSA) is 78.4 Å². The zero-order chi connectivity index (χ0) is 14.1. The van der Waals surface area contributed by atoms with Crippen molar-refractivity contribution in [1.82, 2.24) is 10.6 Å². The molecule has 0 bridgehead atoms. The third kappa shape index (κ3) is 7.14. The van der Waals surface area contributed by atoms with Gasteiger partial charge in [-0.15, -0.1) is 0 Å². The molecule has 3 N–H and O–H groups in total. The van der Waals surface area contributed by atoms with Crippen molar-refractivity contribution in [3.05, 3.63) is 0 Å². The van der Waals surface area contributed by atoms with Gasteiger partial charge in [-0.05, 0) is 18.8 Å².